The quantitative estimate of drug-likeness (QED) is 0.409. The molecule has 2 rings (SSSR count). The van der Waals surface area contributed by atoms with Crippen molar-refractivity contribution in [1.29, 1.82) is 0 Å². The van der Waals surface area contributed by atoms with Crippen molar-refractivity contribution < 1.29 is 19.2 Å². The van der Waals surface area contributed by atoms with Crippen molar-refractivity contribution in [2.45, 2.75) is 33.3 Å². The van der Waals surface area contributed by atoms with E-state index >= 15 is 0 Å². The van der Waals surface area contributed by atoms with Gasteiger partial charge in [-0.05, 0) is 31.9 Å². The topological polar surface area (TPSA) is 91.6 Å². The Morgan fingerprint density at radius 3 is 2.83 bits per heavy atom. The number of esters is 1. The maximum absolute atomic E-state index is 12.1. The van der Waals surface area contributed by atoms with Crippen molar-refractivity contribution >= 4 is 23.0 Å². The number of carbonyl (C=O) groups is 1. The van der Waals surface area contributed by atoms with Gasteiger partial charge in [0.25, 0.3) is 0 Å². The average Bonchev–Trinajstić information content (AvgIpc) is 3.01. The number of nitrogens with zero attached hydrogens (tertiary/aromatic N) is 2. The van der Waals surface area contributed by atoms with Gasteiger partial charge in [-0.1, -0.05) is 6.92 Å². The molecule has 0 aliphatic rings. The first-order valence-electron chi connectivity index (χ1n) is 7.56. The molecule has 8 heteroatoms. The van der Waals surface area contributed by atoms with Gasteiger partial charge in [0.2, 0.25) is 0 Å². The number of carbonyl (C=O) groups excluding carboxylic acids is 1. The first-order chi connectivity index (χ1) is 11.5. The largest absolute Gasteiger partial charge is 0.487 e. The summed E-state index contributed by atoms with van der Waals surface area (Å²) in [5.41, 5.74) is 0.525. The number of hydrogen-bond acceptors (Lipinski definition) is 7. The van der Waals surface area contributed by atoms with E-state index in [2.05, 4.69) is 11.9 Å². The molecule has 0 radical (unpaired) electrons. The molecule has 0 amide bonds. The molecule has 0 saturated carbocycles. The molecule has 0 aliphatic heterocycles. The number of aryl methyl sites for hydroxylation is 1. The van der Waals surface area contributed by atoms with Crippen LogP contribution in [0, 0.1) is 10.1 Å². The molecule has 0 bridgehead atoms. The van der Waals surface area contributed by atoms with Crippen LogP contribution in [-0.4, -0.2) is 22.5 Å². The predicted molar refractivity (Wildman–Crippen MR) is 89.5 cm³/mol. The standard InChI is InChI=1S/C16H18N2O5S/c1-3-5-15-17-12(10-24-15)9-23-16(19)11-6-7-14(22-4-2)13(8-11)18(20)21/h6-8,10H,3-5,9H2,1-2H3. The lowest BCUT2D eigenvalue weighted by atomic mass is 10.2. The Bertz CT molecular complexity index is 729. The number of aromatic nitrogens is 1. The van der Waals surface area contributed by atoms with Crippen molar-refractivity contribution in [3.05, 3.63) is 50.0 Å². The average molecular weight is 350 g/mol. The molecule has 0 unspecified atom stereocenters. The molecule has 0 spiro atoms. The fourth-order valence-electron chi connectivity index (χ4n) is 2.03. The van der Waals surface area contributed by atoms with Crippen LogP contribution in [0.25, 0.3) is 0 Å². The SMILES string of the molecule is CCCc1nc(COC(=O)c2ccc(OCC)c([N+](=O)[O-])c2)cs1. The highest BCUT2D eigenvalue weighted by molar-refractivity contribution is 7.09. The third-order valence-corrected chi connectivity index (χ3v) is 4.06. The summed E-state index contributed by atoms with van der Waals surface area (Å²) in [5, 5.41) is 13.9. The van der Waals surface area contributed by atoms with Crippen LogP contribution in [-0.2, 0) is 17.8 Å². The van der Waals surface area contributed by atoms with E-state index < -0.39 is 10.9 Å². The van der Waals surface area contributed by atoms with Gasteiger partial charge < -0.3 is 9.47 Å². The Morgan fingerprint density at radius 1 is 1.38 bits per heavy atom. The lowest BCUT2D eigenvalue weighted by Gasteiger charge is -2.06. The number of hydrogen-bond donors (Lipinski definition) is 0. The monoisotopic (exact) mass is 350 g/mol. The third kappa shape index (κ3) is 4.51. The molecule has 0 fully saturated rings. The molecule has 2 aromatic rings. The van der Waals surface area contributed by atoms with Crippen molar-refractivity contribution in [1.82, 2.24) is 4.98 Å². The van der Waals surface area contributed by atoms with Gasteiger partial charge in [0.05, 0.1) is 27.8 Å². The van der Waals surface area contributed by atoms with E-state index in [0.717, 1.165) is 23.9 Å². The zero-order chi connectivity index (χ0) is 17.5. The maximum Gasteiger partial charge on any atom is 0.338 e. The maximum atomic E-state index is 12.1. The summed E-state index contributed by atoms with van der Waals surface area (Å²) in [7, 11) is 0. The Morgan fingerprint density at radius 2 is 2.17 bits per heavy atom. The molecule has 0 saturated heterocycles. The highest BCUT2D eigenvalue weighted by Gasteiger charge is 2.19. The van der Waals surface area contributed by atoms with Crippen LogP contribution in [0.1, 0.15) is 41.3 Å². The normalized spacial score (nSPS) is 10.4. The van der Waals surface area contributed by atoms with Crippen LogP contribution < -0.4 is 4.74 Å². The summed E-state index contributed by atoms with van der Waals surface area (Å²) in [4.78, 5) is 26.9. The molecular formula is C16H18N2O5S. The van der Waals surface area contributed by atoms with E-state index in [9.17, 15) is 14.9 Å². The number of benzene rings is 1. The first-order valence-corrected chi connectivity index (χ1v) is 8.44. The van der Waals surface area contributed by atoms with Gasteiger partial charge in [-0.3, -0.25) is 10.1 Å². The van der Waals surface area contributed by atoms with Crippen LogP contribution in [0.4, 0.5) is 5.69 Å². The van der Waals surface area contributed by atoms with Gasteiger partial charge in [0.1, 0.15) is 6.61 Å². The summed E-state index contributed by atoms with van der Waals surface area (Å²) >= 11 is 1.53. The Labute approximate surface area is 143 Å². The lowest BCUT2D eigenvalue weighted by Crippen LogP contribution is -2.07. The summed E-state index contributed by atoms with van der Waals surface area (Å²) in [6.07, 6.45) is 1.90. The highest BCUT2D eigenvalue weighted by atomic mass is 32.1. The highest BCUT2D eigenvalue weighted by Crippen LogP contribution is 2.28. The zero-order valence-corrected chi connectivity index (χ0v) is 14.3. The van der Waals surface area contributed by atoms with E-state index in [-0.39, 0.29) is 23.6 Å². The second-order valence-electron chi connectivity index (χ2n) is 4.93. The molecule has 24 heavy (non-hydrogen) atoms. The van der Waals surface area contributed by atoms with Gasteiger partial charge in [-0.15, -0.1) is 11.3 Å². The van der Waals surface area contributed by atoms with E-state index in [4.69, 9.17) is 9.47 Å². The van der Waals surface area contributed by atoms with Crippen molar-refractivity contribution in [2.75, 3.05) is 6.61 Å². The van der Waals surface area contributed by atoms with Gasteiger partial charge in [-0.25, -0.2) is 9.78 Å². The molecule has 0 aliphatic carbocycles. The Hall–Kier alpha value is -2.48. The number of ether oxygens (including phenoxy) is 2. The third-order valence-electron chi connectivity index (χ3n) is 3.11. The fraction of sp³-hybridized carbons (Fsp3) is 0.375. The van der Waals surface area contributed by atoms with E-state index in [0.29, 0.717) is 12.3 Å². The minimum Gasteiger partial charge on any atom is -0.487 e. The van der Waals surface area contributed by atoms with Crippen molar-refractivity contribution in [2.24, 2.45) is 0 Å². The summed E-state index contributed by atoms with van der Waals surface area (Å²) in [6, 6.07) is 4.02. The number of thiazole rings is 1. The smallest absolute Gasteiger partial charge is 0.338 e. The van der Waals surface area contributed by atoms with E-state index in [1.54, 1.807) is 6.92 Å². The first kappa shape index (κ1) is 17.9. The van der Waals surface area contributed by atoms with Crippen molar-refractivity contribution in [3.8, 4) is 5.75 Å². The minimum absolute atomic E-state index is 0.0417. The fourth-order valence-corrected chi connectivity index (χ4v) is 2.92. The summed E-state index contributed by atoms with van der Waals surface area (Å²) in [6.45, 7) is 4.14. The van der Waals surface area contributed by atoms with Crippen LogP contribution in [0.15, 0.2) is 23.6 Å². The second kappa shape index (κ2) is 8.39. The number of rotatable bonds is 8. The molecular weight excluding hydrogens is 332 g/mol. The van der Waals surface area contributed by atoms with Gasteiger partial charge in [0, 0.05) is 11.4 Å². The number of nitro groups is 1. The Kier molecular flexibility index (Phi) is 6.25. The zero-order valence-electron chi connectivity index (χ0n) is 13.5. The Balaban J connectivity index is 2.05. The van der Waals surface area contributed by atoms with Crippen molar-refractivity contribution in [3.63, 3.8) is 0 Å². The molecule has 1 aromatic heterocycles. The van der Waals surface area contributed by atoms with E-state index in [1.165, 1.54) is 23.5 Å². The predicted octanol–water partition coefficient (Wildman–Crippen LogP) is 3.76. The molecule has 7 nitrogen and oxygen atoms in total. The second-order valence-corrected chi connectivity index (χ2v) is 5.87. The minimum atomic E-state index is -0.633. The van der Waals surface area contributed by atoms with Gasteiger partial charge >= 0.3 is 11.7 Å². The van der Waals surface area contributed by atoms with Gasteiger partial charge in [0.15, 0.2) is 5.75 Å². The van der Waals surface area contributed by atoms with Crippen LogP contribution >= 0.6 is 11.3 Å². The molecule has 1 aromatic carbocycles. The van der Waals surface area contributed by atoms with E-state index in [1.807, 2.05) is 5.38 Å². The lowest BCUT2D eigenvalue weighted by molar-refractivity contribution is -0.385. The molecule has 128 valence electrons. The van der Waals surface area contributed by atoms with Gasteiger partial charge in [-0.2, -0.15) is 0 Å². The summed E-state index contributed by atoms with van der Waals surface area (Å²) < 4.78 is 10.4. The molecule has 0 N–H and O–H groups in total. The molecule has 0 atom stereocenters. The van der Waals surface area contributed by atoms with Crippen LogP contribution in [0.3, 0.4) is 0 Å². The van der Waals surface area contributed by atoms with Crippen LogP contribution in [0.5, 0.6) is 5.75 Å². The molecule has 1 heterocycles. The van der Waals surface area contributed by atoms with Crippen LogP contribution in [0.2, 0.25) is 0 Å². The number of nitro benzene ring substituents is 1. The summed E-state index contributed by atoms with van der Waals surface area (Å²) in [5.74, 6) is -0.506.